The summed E-state index contributed by atoms with van der Waals surface area (Å²) in [5.74, 6) is -0.172. The van der Waals surface area contributed by atoms with Crippen molar-refractivity contribution >= 4 is 11.6 Å². The SMILES string of the molecule is N#Cc1cc(Oc2nc(Cl)ccc2CN)cc(C(F)(F)F)c1. The van der Waals surface area contributed by atoms with Gasteiger partial charge in [-0.15, -0.1) is 0 Å². The van der Waals surface area contributed by atoms with Crippen molar-refractivity contribution in [2.45, 2.75) is 12.7 Å². The van der Waals surface area contributed by atoms with E-state index in [0.29, 0.717) is 5.56 Å². The number of hydrogen-bond acceptors (Lipinski definition) is 4. The Kier molecular flexibility index (Phi) is 4.54. The molecule has 0 atom stereocenters. The van der Waals surface area contributed by atoms with Crippen LogP contribution in [0.4, 0.5) is 13.2 Å². The summed E-state index contributed by atoms with van der Waals surface area (Å²) in [6, 6.07) is 7.40. The molecule has 2 rings (SSSR count). The van der Waals surface area contributed by atoms with Gasteiger partial charge in [0.1, 0.15) is 10.9 Å². The quantitative estimate of drug-likeness (QED) is 0.868. The summed E-state index contributed by atoms with van der Waals surface area (Å²) in [6.07, 6.45) is -4.59. The van der Waals surface area contributed by atoms with E-state index in [1.807, 2.05) is 0 Å². The molecule has 0 fully saturated rings. The van der Waals surface area contributed by atoms with Crippen molar-refractivity contribution in [2.75, 3.05) is 0 Å². The normalized spacial score (nSPS) is 11.1. The minimum Gasteiger partial charge on any atom is -0.439 e. The second-order valence-corrected chi connectivity index (χ2v) is 4.65. The Hall–Kier alpha value is -2.30. The second kappa shape index (κ2) is 6.22. The standard InChI is InChI=1S/C14H9ClF3N3O/c15-12-2-1-9(7-20)13(21-12)22-11-4-8(6-19)3-10(5-11)14(16,17)18/h1-5H,7,20H2. The van der Waals surface area contributed by atoms with Gasteiger partial charge in [0.2, 0.25) is 5.88 Å². The molecule has 0 unspecified atom stereocenters. The first-order chi connectivity index (χ1) is 10.3. The third-order valence-corrected chi connectivity index (χ3v) is 2.91. The monoisotopic (exact) mass is 327 g/mol. The van der Waals surface area contributed by atoms with Crippen LogP contribution in [0.3, 0.4) is 0 Å². The Labute approximate surface area is 128 Å². The number of pyridine rings is 1. The number of nitrogens with two attached hydrogens (primary N) is 1. The Balaban J connectivity index is 2.46. The van der Waals surface area contributed by atoms with Crippen LogP contribution in [-0.2, 0) is 12.7 Å². The molecule has 1 aromatic carbocycles. The molecular weight excluding hydrogens is 319 g/mol. The molecule has 22 heavy (non-hydrogen) atoms. The molecule has 0 spiro atoms. The summed E-state index contributed by atoms with van der Waals surface area (Å²) in [5.41, 5.74) is 4.82. The lowest BCUT2D eigenvalue weighted by Crippen LogP contribution is -2.06. The molecule has 0 bridgehead atoms. The minimum atomic E-state index is -4.59. The maximum atomic E-state index is 12.8. The van der Waals surface area contributed by atoms with Crippen LogP contribution >= 0.6 is 11.6 Å². The maximum Gasteiger partial charge on any atom is 0.416 e. The Bertz CT molecular complexity index is 741. The topological polar surface area (TPSA) is 71.9 Å². The van der Waals surface area contributed by atoms with Crippen LogP contribution < -0.4 is 10.5 Å². The van der Waals surface area contributed by atoms with E-state index in [-0.39, 0.29) is 28.9 Å². The molecule has 4 nitrogen and oxygen atoms in total. The van der Waals surface area contributed by atoms with E-state index in [0.717, 1.165) is 12.1 Å². The van der Waals surface area contributed by atoms with Crippen molar-refractivity contribution in [1.82, 2.24) is 4.98 Å². The van der Waals surface area contributed by atoms with Gasteiger partial charge in [-0.3, -0.25) is 0 Å². The van der Waals surface area contributed by atoms with Crippen molar-refractivity contribution in [2.24, 2.45) is 5.73 Å². The fourth-order valence-corrected chi connectivity index (χ4v) is 1.83. The molecule has 2 aromatic rings. The predicted molar refractivity (Wildman–Crippen MR) is 73.4 cm³/mol. The summed E-state index contributed by atoms with van der Waals surface area (Å²) in [7, 11) is 0. The van der Waals surface area contributed by atoms with Gasteiger partial charge in [-0.2, -0.15) is 18.4 Å². The zero-order valence-corrected chi connectivity index (χ0v) is 11.7. The Morgan fingerprint density at radius 3 is 2.59 bits per heavy atom. The van der Waals surface area contributed by atoms with Crippen LogP contribution in [-0.4, -0.2) is 4.98 Å². The minimum absolute atomic E-state index is 0.00165. The molecule has 8 heteroatoms. The first-order valence-corrected chi connectivity index (χ1v) is 6.37. The van der Waals surface area contributed by atoms with Crippen molar-refractivity contribution in [1.29, 1.82) is 5.26 Å². The highest BCUT2D eigenvalue weighted by Gasteiger charge is 2.31. The molecule has 0 saturated carbocycles. The number of ether oxygens (including phenoxy) is 1. The number of rotatable bonds is 3. The van der Waals surface area contributed by atoms with Gasteiger partial charge in [0.25, 0.3) is 0 Å². The van der Waals surface area contributed by atoms with Crippen LogP contribution in [0, 0.1) is 11.3 Å². The molecule has 114 valence electrons. The van der Waals surface area contributed by atoms with E-state index >= 15 is 0 Å². The first-order valence-electron chi connectivity index (χ1n) is 5.99. The van der Waals surface area contributed by atoms with Gasteiger partial charge in [-0.05, 0) is 30.3 Å². The molecule has 1 aromatic heterocycles. The van der Waals surface area contributed by atoms with E-state index < -0.39 is 11.7 Å². The molecule has 2 N–H and O–H groups in total. The van der Waals surface area contributed by atoms with Gasteiger partial charge in [0.15, 0.2) is 0 Å². The van der Waals surface area contributed by atoms with E-state index in [2.05, 4.69) is 4.98 Å². The number of benzene rings is 1. The highest BCUT2D eigenvalue weighted by Crippen LogP contribution is 2.34. The number of alkyl halides is 3. The molecule has 0 amide bonds. The molecule has 0 aliphatic heterocycles. The molecule has 1 heterocycles. The number of nitriles is 1. The van der Waals surface area contributed by atoms with Crippen LogP contribution in [0.2, 0.25) is 5.15 Å². The summed E-state index contributed by atoms with van der Waals surface area (Å²) in [4.78, 5) is 3.89. The average Bonchev–Trinajstić information content (AvgIpc) is 2.46. The van der Waals surface area contributed by atoms with Crippen LogP contribution in [0.25, 0.3) is 0 Å². The maximum absolute atomic E-state index is 12.8. The third-order valence-electron chi connectivity index (χ3n) is 2.70. The third kappa shape index (κ3) is 3.67. The van der Waals surface area contributed by atoms with Crippen molar-refractivity contribution in [3.63, 3.8) is 0 Å². The van der Waals surface area contributed by atoms with Gasteiger partial charge in [0.05, 0.1) is 17.2 Å². The average molecular weight is 328 g/mol. The van der Waals surface area contributed by atoms with Gasteiger partial charge in [0, 0.05) is 12.1 Å². The predicted octanol–water partition coefficient (Wildman–Crippen LogP) is 3.88. The smallest absolute Gasteiger partial charge is 0.416 e. The second-order valence-electron chi connectivity index (χ2n) is 4.26. The zero-order valence-electron chi connectivity index (χ0n) is 11.0. The van der Waals surface area contributed by atoms with Crippen molar-refractivity contribution < 1.29 is 17.9 Å². The molecule has 0 radical (unpaired) electrons. The lowest BCUT2D eigenvalue weighted by molar-refractivity contribution is -0.137. The van der Waals surface area contributed by atoms with E-state index in [1.165, 1.54) is 12.1 Å². The summed E-state index contributed by atoms with van der Waals surface area (Å²) in [5, 5.41) is 8.94. The highest BCUT2D eigenvalue weighted by atomic mass is 35.5. The van der Waals surface area contributed by atoms with Crippen molar-refractivity contribution in [3.8, 4) is 17.7 Å². The largest absolute Gasteiger partial charge is 0.439 e. The van der Waals surface area contributed by atoms with Crippen molar-refractivity contribution in [3.05, 3.63) is 52.2 Å². The summed E-state index contributed by atoms with van der Waals surface area (Å²) >= 11 is 5.74. The van der Waals surface area contributed by atoms with Gasteiger partial charge in [-0.25, -0.2) is 4.98 Å². The number of hydrogen-bond donors (Lipinski definition) is 1. The molecular formula is C14H9ClF3N3O. The van der Waals surface area contributed by atoms with E-state index in [4.69, 9.17) is 27.3 Å². The van der Waals surface area contributed by atoms with E-state index in [9.17, 15) is 13.2 Å². The summed E-state index contributed by atoms with van der Waals surface area (Å²) < 4.78 is 43.8. The fourth-order valence-electron chi connectivity index (χ4n) is 1.69. The fraction of sp³-hybridized carbons (Fsp3) is 0.143. The van der Waals surface area contributed by atoms with Crippen LogP contribution in [0.1, 0.15) is 16.7 Å². The molecule has 0 saturated heterocycles. The summed E-state index contributed by atoms with van der Waals surface area (Å²) in [6.45, 7) is 0.0730. The number of nitrogens with zero attached hydrogens (tertiary/aromatic N) is 2. The number of halogens is 4. The zero-order chi connectivity index (χ0) is 16.3. The number of aromatic nitrogens is 1. The van der Waals surface area contributed by atoms with E-state index in [1.54, 1.807) is 12.1 Å². The van der Waals surface area contributed by atoms with Gasteiger partial charge >= 0.3 is 6.18 Å². The first kappa shape index (κ1) is 16.1. The van der Waals surface area contributed by atoms with Crippen LogP contribution in [0.5, 0.6) is 11.6 Å². The lowest BCUT2D eigenvalue weighted by atomic mass is 10.1. The highest BCUT2D eigenvalue weighted by molar-refractivity contribution is 6.29. The van der Waals surface area contributed by atoms with Crippen LogP contribution in [0.15, 0.2) is 30.3 Å². The Morgan fingerprint density at radius 1 is 1.27 bits per heavy atom. The lowest BCUT2D eigenvalue weighted by Gasteiger charge is -2.12. The molecule has 0 aliphatic rings. The van der Waals surface area contributed by atoms with Gasteiger partial charge < -0.3 is 10.5 Å². The Morgan fingerprint density at radius 2 is 2.00 bits per heavy atom. The van der Waals surface area contributed by atoms with Gasteiger partial charge in [-0.1, -0.05) is 11.6 Å². The molecule has 0 aliphatic carbocycles.